The second kappa shape index (κ2) is 7.84. The summed E-state index contributed by atoms with van der Waals surface area (Å²) >= 11 is 1.34. The molecule has 0 radical (unpaired) electrons. The third kappa shape index (κ3) is 3.64. The summed E-state index contributed by atoms with van der Waals surface area (Å²) in [6.07, 6.45) is 1.86. The van der Waals surface area contributed by atoms with E-state index in [2.05, 4.69) is 23.4 Å². The molecule has 1 N–H and O–H groups in total. The molecule has 4 nitrogen and oxygen atoms in total. The standard InChI is InChI=1S/C25H21NO3S/c1-16-5-2-3-7-21(16)29-22-8-4-6-19-20(22)13-14-23(19)28-18-11-9-17(10-12-18)24-15-25(27)26-30-24/h2-12,15,23H,13-14H2,1H3,(H,26,27)/t23-/m1/s1. The van der Waals surface area contributed by atoms with Gasteiger partial charge in [-0.05, 0) is 72.9 Å². The Bertz CT molecular complexity index is 1240. The van der Waals surface area contributed by atoms with Gasteiger partial charge in [-0.25, -0.2) is 0 Å². The Morgan fingerprint density at radius 1 is 0.967 bits per heavy atom. The van der Waals surface area contributed by atoms with Crippen LogP contribution in [0.5, 0.6) is 17.2 Å². The van der Waals surface area contributed by atoms with Crippen LogP contribution in [0.2, 0.25) is 0 Å². The van der Waals surface area contributed by atoms with Gasteiger partial charge in [-0.1, -0.05) is 41.9 Å². The summed E-state index contributed by atoms with van der Waals surface area (Å²) in [7, 11) is 0. The highest BCUT2D eigenvalue weighted by atomic mass is 32.1. The Hall–Kier alpha value is -3.31. The van der Waals surface area contributed by atoms with Crippen LogP contribution < -0.4 is 15.0 Å². The number of fused-ring (bicyclic) bond motifs is 1. The first-order chi connectivity index (χ1) is 14.7. The molecule has 30 heavy (non-hydrogen) atoms. The van der Waals surface area contributed by atoms with E-state index in [9.17, 15) is 4.79 Å². The van der Waals surface area contributed by atoms with Gasteiger partial charge in [-0.15, -0.1) is 0 Å². The predicted molar refractivity (Wildman–Crippen MR) is 120 cm³/mol. The van der Waals surface area contributed by atoms with Crippen molar-refractivity contribution in [1.82, 2.24) is 4.37 Å². The number of hydrogen-bond donors (Lipinski definition) is 1. The van der Waals surface area contributed by atoms with Crippen molar-refractivity contribution < 1.29 is 9.47 Å². The number of rotatable bonds is 5. The molecule has 1 atom stereocenters. The molecular formula is C25H21NO3S. The molecule has 0 saturated heterocycles. The molecule has 0 saturated carbocycles. The molecule has 0 fully saturated rings. The van der Waals surface area contributed by atoms with E-state index in [1.807, 2.05) is 54.6 Å². The van der Waals surface area contributed by atoms with Gasteiger partial charge < -0.3 is 9.47 Å². The van der Waals surface area contributed by atoms with Gasteiger partial charge in [0.25, 0.3) is 5.56 Å². The van der Waals surface area contributed by atoms with Crippen LogP contribution in [-0.4, -0.2) is 4.37 Å². The van der Waals surface area contributed by atoms with E-state index in [1.54, 1.807) is 6.07 Å². The van der Waals surface area contributed by atoms with Crippen LogP contribution in [0, 0.1) is 6.92 Å². The highest BCUT2D eigenvalue weighted by Gasteiger charge is 2.27. The molecule has 0 unspecified atom stereocenters. The zero-order valence-corrected chi connectivity index (χ0v) is 17.4. The predicted octanol–water partition coefficient (Wildman–Crippen LogP) is 6.27. The fraction of sp³-hybridized carbons (Fsp3) is 0.160. The molecular weight excluding hydrogens is 394 g/mol. The van der Waals surface area contributed by atoms with Gasteiger partial charge in [0.15, 0.2) is 0 Å². The number of ether oxygens (including phenoxy) is 2. The number of aromatic nitrogens is 1. The van der Waals surface area contributed by atoms with Crippen LogP contribution in [0.25, 0.3) is 10.4 Å². The van der Waals surface area contributed by atoms with Crippen molar-refractivity contribution in [2.45, 2.75) is 25.9 Å². The Morgan fingerprint density at radius 2 is 1.77 bits per heavy atom. The van der Waals surface area contributed by atoms with E-state index < -0.39 is 0 Å². The minimum Gasteiger partial charge on any atom is -0.486 e. The Morgan fingerprint density at radius 3 is 2.53 bits per heavy atom. The van der Waals surface area contributed by atoms with Gasteiger partial charge in [-0.2, -0.15) is 0 Å². The molecule has 1 aliphatic carbocycles. The molecule has 0 amide bonds. The van der Waals surface area contributed by atoms with E-state index in [4.69, 9.17) is 9.47 Å². The normalized spacial score (nSPS) is 15.0. The highest BCUT2D eigenvalue weighted by Crippen LogP contribution is 2.41. The summed E-state index contributed by atoms with van der Waals surface area (Å²) in [5.74, 6) is 2.62. The summed E-state index contributed by atoms with van der Waals surface area (Å²) in [5, 5.41) is 0. The molecule has 5 heteroatoms. The number of nitrogens with one attached hydrogen (secondary N) is 1. The van der Waals surface area contributed by atoms with Crippen LogP contribution in [-0.2, 0) is 6.42 Å². The zero-order chi connectivity index (χ0) is 20.5. The number of benzene rings is 3. The topological polar surface area (TPSA) is 51.3 Å². The second-order valence-corrected chi connectivity index (χ2v) is 8.29. The van der Waals surface area contributed by atoms with E-state index in [0.717, 1.165) is 46.1 Å². The molecule has 4 aromatic rings. The molecule has 150 valence electrons. The van der Waals surface area contributed by atoms with Crippen molar-refractivity contribution in [3.05, 3.63) is 99.8 Å². The van der Waals surface area contributed by atoms with E-state index >= 15 is 0 Å². The number of aryl methyl sites for hydroxylation is 1. The minimum absolute atomic E-state index is 0.00888. The van der Waals surface area contributed by atoms with Gasteiger partial charge in [-0.3, -0.25) is 9.17 Å². The first-order valence-corrected chi connectivity index (χ1v) is 10.8. The van der Waals surface area contributed by atoms with E-state index in [0.29, 0.717) is 0 Å². The minimum atomic E-state index is -0.0680. The summed E-state index contributed by atoms with van der Waals surface area (Å²) < 4.78 is 15.3. The van der Waals surface area contributed by atoms with Gasteiger partial charge in [0.2, 0.25) is 0 Å². The lowest BCUT2D eigenvalue weighted by Gasteiger charge is -2.16. The lowest BCUT2D eigenvalue weighted by Crippen LogP contribution is -2.03. The fourth-order valence-electron chi connectivity index (χ4n) is 3.88. The van der Waals surface area contributed by atoms with E-state index in [1.165, 1.54) is 22.7 Å². The zero-order valence-electron chi connectivity index (χ0n) is 16.6. The summed E-state index contributed by atoms with van der Waals surface area (Å²) in [4.78, 5) is 12.3. The Balaban J connectivity index is 1.35. The lowest BCUT2D eigenvalue weighted by molar-refractivity contribution is 0.207. The smallest absolute Gasteiger partial charge is 0.258 e. The van der Waals surface area contributed by atoms with Gasteiger partial charge in [0.1, 0.15) is 23.4 Å². The monoisotopic (exact) mass is 415 g/mol. The summed E-state index contributed by atoms with van der Waals surface area (Å²) in [6.45, 7) is 2.06. The molecule has 1 heterocycles. The van der Waals surface area contributed by atoms with E-state index in [-0.39, 0.29) is 11.7 Å². The SMILES string of the molecule is Cc1ccccc1Oc1cccc2c1CC[C@H]2Oc1ccc(-c2cc(=O)[nH]s2)cc1. The first-order valence-electron chi connectivity index (χ1n) is 9.98. The van der Waals surface area contributed by atoms with Crippen molar-refractivity contribution in [2.24, 2.45) is 0 Å². The van der Waals surface area contributed by atoms with Crippen molar-refractivity contribution in [3.63, 3.8) is 0 Å². The molecule has 1 aliphatic rings. The maximum Gasteiger partial charge on any atom is 0.258 e. The third-order valence-electron chi connectivity index (χ3n) is 5.43. The average Bonchev–Trinajstić information content (AvgIpc) is 3.37. The number of aromatic amines is 1. The molecule has 0 aliphatic heterocycles. The number of H-pyrrole nitrogens is 1. The summed E-state index contributed by atoms with van der Waals surface area (Å²) in [6, 6.07) is 23.8. The van der Waals surface area contributed by atoms with Crippen molar-refractivity contribution >= 4 is 11.5 Å². The Kier molecular flexibility index (Phi) is 4.89. The van der Waals surface area contributed by atoms with Gasteiger partial charge in [0.05, 0.1) is 4.88 Å². The molecule has 0 bridgehead atoms. The lowest BCUT2D eigenvalue weighted by atomic mass is 10.1. The Labute approximate surface area is 178 Å². The third-order valence-corrected chi connectivity index (χ3v) is 6.30. The summed E-state index contributed by atoms with van der Waals surface area (Å²) in [5.41, 5.74) is 4.47. The molecule has 5 rings (SSSR count). The van der Waals surface area contributed by atoms with Crippen LogP contribution in [0.15, 0.2) is 77.6 Å². The van der Waals surface area contributed by atoms with Crippen molar-refractivity contribution in [3.8, 4) is 27.7 Å². The first kappa shape index (κ1) is 18.7. The quantitative estimate of drug-likeness (QED) is 0.418. The van der Waals surface area contributed by atoms with Crippen molar-refractivity contribution in [2.75, 3.05) is 0 Å². The van der Waals surface area contributed by atoms with Crippen LogP contribution >= 0.6 is 11.5 Å². The number of hydrogen-bond acceptors (Lipinski definition) is 4. The van der Waals surface area contributed by atoms with Crippen LogP contribution in [0.1, 0.15) is 29.2 Å². The largest absolute Gasteiger partial charge is 0.486 e. The second-order valence-electron chi connectivity index (χ2n) is 7.44. The van der Waals surface area contributed by atoms with Crippen LogP contribution in [0.3, 0.4) is 0 Å². The number of para-hydroxylation sites is 1. The van der Waals surface area contributed by atoms with Crippen LogP contribution in [0.4, 0.5) is 0 Å². The van der Waals surface area contributed by atoms with Gasteiger partial charge >= 0.3 is 0 Å². The molecule has 0 spiro atoms. The maximum atomic E-state index is 11.4. The molecule has 3 aromatic carbocycles. The van der Waals surface area contributed by atoms with Crippen molar-refractivity contribution in [1.29, 1.82) is 0 Å². The maximum absolute atomic E-state index is 11.4. The fourth-order valence-corrected chi connectivity index (χ4v) is 4.57. The highest BCUT2D eigenvalue weighted by molar-refractivity contribution is 7.09. The van der Waals surface area contributed by atoms with Gasteiger partial charge in [0, 0.05) is 11.6 Å². The molecule has 1 aromatic heterocycles. The average molecular weight is 416 g/mol.